The van der Waals surface area contributed by atoms with E-state index in [0.29, 0.717) is 16.7 Å². The van der Waals surface area contributed by atoms with Crippen molar-refractivity contribution in [1.82, 2.24) is 0 Å². The minimum absolute atomic E-state index is 0.00494. The molecule has 6 nitrogen and oxygen atoms in total. The summed E-state index contributed by atoms with van der Waals surface area (Å²) in [4.78, 5) is 10.4. The van der Waals surface area contributed by atoms with Crippen molar-refractivity contribution >= 4 is 27.3 Å². The summed E-state index contributed by atoms with van der Waals surface area (Å²) in [7, 11) is 3.01. The Balaban J connectivity index is 2.80. The highest BCUT2D eigenvalue weighted by molar-refractivity contribution is 9.10. The number of anilines is 1. The van der Waals surface area contributed by atoms with Gasteiger partial charge < -0.3 is 14.8 Å². The van der Waals surface area contributed by atoms with Crippen molar-refractivity contribution < 1.29 is 14.4 Å². The largest absolute Gasteiger partial charge is 0.374 e. The maximum Gasteiger partial charge on any atom is 0.293 e. The Kier molecular flexibility index (Phi) is 5.33. The van der Waals surface area contributed by atoms with Crippen LogP contribution in [0.5, 0.6) is 0 Å². The summed E-state index contributed by atoms with van der Waals surface area (Å²) in [6.07, 6.45) is -0.446. The fourth-order valence-electron chi connectivity index (χ4n) is 1.26. The van der Waals surface area contributed by atoms with Gasteiger partial charge in [-0.25, -0.2) is 0 Å². The molecule has 0 aliphatic heterocycles. The molecular weight excluding hydrogens is 292 g/mol. The first-order valence-electron chi connectivity index (χ1n) is 4.82. The average molecular weight is 305 g/mol. The molecule has 0 saturated heterocycles. The first-order chi connectivity index (χ1) is 8.08. The number of nitro benzene ring substituents is 1. The lowest BCUT2D eigenvalue weighted by molar-refractivity contribution is -0.384. The molecule has 0 heterocycles. The molecule has 0 spiro atoms. The van der Waals surface area contributed by atoms with E-state index in [1.165, 1.54) is 20.3 Å². The second-order valence-electron chi connectivity index (χ2n) is 3.20. The van der Waals surface area contributed by atoms with Crippen molar-refractivity contribution in [3.63, 3.8) is 0 Å². The van der Waals surface area contributed by atoms with E-state index >= 15 is 0 Å². The predicted molar refractivity (Wildman–Crippen MR) is 67.1 cm³/mol. The van der Waals surface area contributed by atoms with Crippen LogP contribution in [0.25, 0.3) is 0 Å². The summed E-state index contributed by atoms with van der Waals surface area (Å²) >= 11 is 3.19. The zero-order valence-corrected chi connectivity index (χ0v) is 11.1. The number of methoxy groups -OCH3 is 2. The highest BCUT2D eigenvalue weighted by atomic mass is 79.9. The zero-order valence-electron chi connectivity index (χ0n) is 9.47. The topological polar surface area (TPSA) is 73.6 Å². The van der Waals surface area contributed by atoms with Gasteiger partial charge in [0.25, 0.3) is 5.69 Å². The third-order valence-corrected chi connectivity index (χ3v) is 2.63. The zero-order chi connectivity index (χ0) is 12.8. The molecule has 1 N–H and O–H groups in total. The van der Waals surface area contributed by atoms with Crippen LogP contribution in [0.4, 0.5) is 11.4 Å². The number of nitrogens with zero attached hydrogens (tertiary/aromatic N) is 1. The van der Waals surface area contributed by atoms with E-state index in [-0.39, 0.29) is 5.69 Å². The number of nitro groups is 1. The quantitative estimate of drug-likeness (QED) is 0.496. The molecule has 1 aromatic carbocycles. The molecule has 94 valence electrons. The van der Waals surface area contributed by atoms with Crippen LogP contribution >= 0.6 is 15.9 Å². The van der Waals surface area contributed by atoms with E-state index in [4.69, 9.17) is 9.47 Å². The third-order valence-electron chi connectivity index (χ3n) is 2.14. The molecule has 0 bridgehead atoms. The number of ether oxygens (including phenoxy) is 2. The van der Waals surface area contributed by atoms with E-state index in [1.54, 1.807) is 12.1 Å². The van der Waals surface area contributed by atoms with Crippen molar-refractivity contribution in [1.29, 1.82) is 0 Å². The molecule has 0 atom stereocenters. The highest BCUT2D eigenvalue weighted by Gasteiger charge is 2.15. The monoisotopic (exact) mass is 304 g/mol. The van der Waals surface area contributed by atoms with Crippen LogP contribution in [0.15, 0.2) is 22.7 Å². The first kappa shape index (κ1) is 13.9. The molecule has 0 aliphatic rings. The van der Waals surface area contributed by atoms with Crippen molar-refractivity contribution in [2.75, 3.05) is 26.1 Å². The van der Waals surface area contributed by atoms with Crippen LogP contribution in [0.1, 0.15) is 0 Å². The van der Waals surface area contributed by atoms with Crippen LogP contribution in [0, 0.1) is 10.1 Å². The van der Waals surface area contributed by atoms with E-state index in [2.05, 4.69) is 21.2 Å². The third kappa shape index (κ3) is 3.95. The Morgan fingerprint density at radius 3 is 2.65 bits per heavy atom. The normalized spacial score (nSPS) is 10.6. The number of halogens is 1. The van der Waals surface area contributed by atoms with Crippen molar-refractivity contribution in [2.45, 2.75) is 6.29 Å². The van der Waals surface area contributed by atoms with Crippen LogP contribution in [-0.2, 0) is 9.47 Å². The Labute approximate surface area is 107 Å². The fraction of sp³-hybridized carbons (Fsp3) is 0.400. The SMILES string of the molecule is COC(CNc1ccc(Br)cc1[N+](=O)[O-])OC. The van der Waals surface area contributed by atoms with Crippen LogP contribution in [-0.4, -0.2) is 32.0 Å². The molecule has 1 rings (SSSR count). The summed E-state index contributed by atoms with van der Waals surface area (Å²) in [5, 5.41) is 13.8. The molecular formula is C10H13BrN2O4. The molecule has 0 aliphatic carbocycles. The summed E-state index contributed by atoms with van der Waals surface area (Å²) in [5.74, 6) is 0. The summed E-state index contributed by atoms with van der Waals surface area (Å²) in [6, 6.07) is 4.80. The Morgan fingerprint density at radius 2 is 2.12 bits per heavy atom. The van der Waals surface area contributed by atoms with Gasteiger partial charge in [-0.15, -0.1) is 0 Å². The van der Waals surface area contributed by atoms with Gasteiger partial charge in [0.05, 0.1) is 11.5 Å². The second kappa shape index (κ2) is 6.53. The van der Waals surface area contributed by atoms with Gasteiger partial charge in [-0.1, -0.05) is 15.9 Å². The Morgan fingerprint density at radius 1 is 1.47 bits per heavy atom. The average Bonchev–Trinajstić information content (AvgIpc) is 2.31. The van der Waals surface area contributed by atoms with Gasteiger partial charge in [-0.3, -0.25) is 10.1 Å². The summed E-state index contributed by atoms with van der Waals surface area (Å²) in [5.41, 5.74) is 0.433. The van der Waals surface area contributed by atoms with Gasteiger partial charge in [-0.2, -0.15) is 0 Å². The van der Waals surface area contributed by atoms with Gasteiger partial charge >= 0.3 is 0 Å². The van der Waals surface area contributed by atoms with Gasteiger partial charge in [0.15, 0.2) is 6.29 Å². The van der Waals surface area contributed by atoms with Crippen molar-refractivity contribution in [3.8, 4) is 0 Å². The van der Waals surface area contributed by atoms with Crippen molar-refractivity contribution in [2.24, 2.45) is 0 Å². The second-order valence-corrected chi connectivity index (χ2v) is 4.12. The van der Waals surface area contributed by atoms with Crippen LogP contribution < -0.4 is 5.32 Å². The van der Waals surface area contributed by atoms with E-state index in [0.717, 1.165) is 0 Å². The lowest BCUT2D eigenvalue weighted by atomic mass is 10.2. The smallest absolute Gasteiger partial charge is 0.293 e. The molecule has 17 heavy (non-hydrogen) atoms. The molecule has 7 heteroatoms. The maximum atomic E-state index is 10.8. The molecule has 0 saturated carbocycles. The standard InChI is InChI=1S/C10H13BrN2O4/c1-16-10(17-2)6-12-8-4-3-7(11)5-9(8)13(14)15/h3-5,10,12H,6H2,1-2H3. The van der Waals surface area contributed by atoms with Gasteiger partial charge in [-0.05, 0) is 12.1 Å². The lowest BCUT2D eigenvalue weighted by Gasteiger charge is -2.14. The maximum absolute atomic E-state index is 10.8. The molecule has 0 aromatic heterocycles. The number of nitrogens with one attached hydrogen (secondary N) is 1. The minimum Gasteiger partial charge on any atom is -0.374 e. The van der Waals surface area contributed by atoms with Crippen LogP contribution in [0.2, 0.25) is 0 Å². The molecule has 1 aromatic rings. The van der Waals surface area contributed by atoms with E-state index < -0.39 is 11.2 Å². The van der Waals surface area contributed by atoms with Crippen molar-refractivity contribution in [3.05, 3.63) is 32.8 Å². The highest BCUT2D eigenvalue weighted by Crippen LogP contribution is 2.27. The molecule has 0 fully saturated rings. The summed E-state index contributed by atoms with van der Waals surface area (Å²) in [6.45, 7) is 0.329. The predicted octanol–water partition coefficient (Wildman–Crippen LogP) is 2.39. The number of benzene rings is 1. The van der Waals surface area contributed by atoms with Gasteiger partial charge in [0, 0.05) is 24.8 Å². The molecule has 0 radical (unpaired) electrons. The Hall–Kier alpha value is -1.18. The van der Waals surface area contributed by atoms with E-state index in [9.17, 15) is 10.1 Å². The van der Waals surface area contributed by atoms with Crippen LogP contribution in [0.3, 0.4) is 0 Å². The molecule has 0 unspecified atom stereocenters. The fourth-order valence-corrected chi connectivity index (χ4v) is 1.61. The van der Waals surface area contributed by atoms with Gasteiger partial charge in [0.1, 0.15) is 5.69 Å². The number of rotatable bonds is 6. The Bertz CT molecular complexity index is 396. The minimum atomic E-state index is -0.446. The lowest BCUT2D eigenvalue weighted by Crippen LogP contribution is -2.23. The number of hydrogen-bond donors (Lipinski definition) is 1. The summed E-state index contributed by atoms with van der Waals surface area (Å²) < 4.78 is 10.6. The first-order valence-corrected chi connectivity index (χ1v) is 5.61. The van der Waals surface area contributed by atoms with E-state index in [1.807, 2.05) is 0 Å². The van der Waals surface area contributed by atoms with Gasteiger partial charge in [0.2, 0.25) is 0 Å². The number of hydrogen-bond acceptors (Lipinski definition) is 5. The molecule has 0 amide bonds.